The van der Waals surface area contributed by atoms with E-state index in [0.717, 1.165) is 4.47 Å². The van der Waals surface area contributed by atoms with Crippen LogP contribution in [0.4, 0.5) is 11.4 Å². The average Bonchev–Trinajstić information content (AvgIpc) is 2.18. The molecule has 0 spiro atoms. The van der Waals surface area contributed by atoms with Crippen molar-refractivity contribution in [3.05, 3.63) is 22.7 Å². The molecule has 0 radical (unpaired) electrons. The van der Waals surface area contributed by atoms with E-state index in [4.69, 9.17) is 16.6 Å². The van der Waals surface area contributed by atoms with E-state index in [9.17, 15) is 4.79 Å². The van der Waals surface area contributed by atoms with Gasteiger partial charge in [-0.05, 0) is 18.2 Å². The summed E-state index contributed by atoms with van der Waals surface area (Å²) >= 11 is 3.28. The lowest BCUT2D eigenvalue weighted by molar-refractivity contribution is -0.125. The van der Waals surface area contributed by atoms with Gasteiger partial charge in [0.15, 0.2) is 0 Å². The third-order valence-electron chi connectivity index (χ3n) is 1.83. The second kappa shape index (κ2) is 4.99. The Labute approximate surface area is 95.6 Å². The van der Waals surface area contributed by atoms with Crippen molar-refractivity contribution < 1.29 is 9.90 Å². The Hall–Kier alpha value is -1.27. The fraction of sp³-hybridized carbons (Fsp3) is 0.222. The van der Waals surface area contributed by atoms with Gasteiger partial charge in [-0.25, -0.2) is 0 Å². The molecule has 15 heavy (non-hydrogen) atoms. The van der Waals surface area contributed by atoms with Crippen molar-refractivity contribution in [1.82, 2.24) is 0 Å². The number of rotatable bonds is 4. The Morgan fingerprint density at radius 3 is 2.87 bits per heavy atom. The summed E-state index contributed by atoms with van der Waals surface area (Å²) < 4.78 is 0.854. The summed E-state index contributed by atoms with van der Waals surface area (Å²) in [6.45, 7) is 0.0377. The van der Waals surface area contributed by atoms with Crippen LogP contribution in [-0.4, -0.2) is 23.7 Å². The normalized spacial score (nSPS) is 12.1. The van der Waals surface area contributed by atoms with Gasteiger partial charge >= 0.3 is 0 Å². The molecular formula is C9H12BrN3O2. The highest BCUT2D eigenvalue weighted by Crippen LogP contribution is 2.22. The first-order chi connectivity index (χ1) is 7.00. The zero-order chi connectivity index (χ0) is 11.4. The van der Waals surface area contributed by atoms with Crippen LogP contribution in [0.25, 0.3) is 0 Å². The van der Waals surface area contributed by atoms with Crippen molar-refractivity contribution in [2.75, 3.05) is 17.6 Å². The Kier molecular flexibility index (Phi) is 3.93. The number of amides is 1. The molecule has 1 rings (SSSR count). The quantitative estimate of drug-likeness (QED) is 0.593. The Bertz CT molecular complexity index is 370. The topological polar surface area (TPSA) is 101 Å². The average molecular weight is 274 g/mol. The minimum Gasteiger partial charge on any atom is -0.397 e. The summed E-state index contributed by atoms with van der Waals surface area (Å²) in [6, 6.07) is 5.26. The summed E-state index contributed by atoms with van der Waals surface area (Å²) in [5, 5.41) is 12.0. The number of anilines is 2. The fourth-order valence-corrected chi connectivity index (χ4v) is 1.35. The number of nitrogens with two attached hydrogens (primary N) is 2. The number of halogens is 1. The highest BCUT2D eigenvalue weighted by atomic mass is 79.9. The highest BCUT2D eigenvalue weighted by Gasteiger charge is 2.10. The standard InChI is InChI=1S/C9H12BrN3O2/c10-5-1-2-6(11)7(3-5)13-4-8(14)9(12)15/h1-3,8,13-14H,4,11H2,(H2,12,15). The molecule has 0 saturated heterocycles. The van der Waals surface area contributed by atoms with Crippen LogP contribution in [-0.2, 0) is 4.79 Å². The largest absolute Gasteiger partial charge is 0.397 e. The van der Waals surface area contributed by atoms with Crippen LogP contribution in [0.3, 0.4) is 0 Å². The summed E-state index contributed by atoms with van der Waals surface area (Å²) in [5.74, 6) is -0.768. The van der Waals surface area contributed by atoms with Gasteiger partial charge in [-0.1, -0.05) is 15.9 Å². The lowest BCUT2D eigenvalue weighted by Gasteiger charge is -2.11. The van der Waals surface area contributed by atoms with Crippen molar-refractivity contribution in [2.45, 2.75) is 6.10 Å². The molecule has 0 bridgehead atoms. The molecule has 1 amide bonds. The van der Waals surface area contributed by atoms with Crippen LogP contribution in [0.2, 0.25) is 0 Å². The van der Waals surface area contributed by atoms with Crippen LogP contribution in [0.5, 0.6) is 0 Å². The van der Waals surface area contributed by atoms with Gasteiger partial charge in [0.05, 0.1) is 11.4 Å². The van der Waals surface area contributed by atoms with Crippen LogP contribution >= 0.6 is 15.9 Å². The molecule has 0 aromatic heterocycles. The zero-order valence-corrected chi connectivity index (χ0v) is 9.49. The molecule has 0 aliphatic carbocycles. The van der Waals surface area contributed by atoms with E-state index in [2.05, 4.69) is 21.2 Å². The Balaban J connectivity index is 2.65. The molecule has 5 nitrogen and oxygen atoms in total. The number of hydrogen-bond donors (Lipinski definition) is 4. The molecule has 6 heteroatoms. The molecule has 0 fully saturated rings. The van der Waals surface area contributed by atoms with Crippen molar-refractivity contribution in [3.63, 3.8) is 0 Å². The van der Waals surface area contributed by atoms with Crippen molar-refractivity contribution in [3.8, 4) is 0 Å². The number of primary amides is 1. The van der Waals surface area contributed by atoms with E-state index in [-0.39, 0.29) is 6.54 Å². The van der Waals surface area contributed by atoms with E-state index in [1.54, 1.807) is 18.2 Å². The minimum absolute atomic E-state index is 0.0377. The highest BCUT2D eigenvalue weighted by molar-refractivity contribution is 9.10. The lowest BCUT2D eigenvalue weighted by atomic mass is 10.2. The number of carbonyl (C=O) groups is 1. The molecule has 0 saturated carbocycles. The smallest absolute Gasteiger partial charge is 0.248 e. The number of aliphatic hydroxyl groups is 1. The molecule has 1 aromatic rings. The number of benzene rings is 1. The second-order valence-corrected chi connectivity index (χ2v) is 3.95. The number of aliphatic hydroxyl groups excluding tert-OH is 1. The lowest BCUT2D eigenvalue weighted by Crippen LogP contribution is -2.34. The SMILES string of the molecule is NC(=O)C(O)CNc1cc(Br)ccc1N. The molecular weight excluding hydrogens is 262 g/mol. The first-order valence-electron chi connectivity index (χ1n) is 4.27. The number of nitrogen functional groups attached to an aromatic ring is 1. The fourth-order valence-electron chi connectivity index (χ4n) is 0.989. The first kappa shape index (κ1) is 11.8. The molecule has 0 aliphatic rings. The Morgan fingerprint density at radius 1 is 1.60 bits per heavy atom. The molecule has 1 atom stereocenters. The Morgan fingerprint density at radius 2 is 2.27 bits per heavy atom. The summed E-state index contributed by atoms with van der Waals surface area (Å²) in [5.41, 5.74) is 11.7. The van der Waals surface area contributed by atoms with Crippen molar-refractivity contribution >= 4 is 33.2 Å². The van der Waals surface area contributed by atoms with E-state index < -0.39 is 12.0 Å². The van der Waals surface area contributed by atoms with E-state index >= 15 is 0 Å². The number of hydrogen-bond acceptors (Lipinski definition) is 4. The third-order valence-corrected chi connectivity index (χ3v) is 2.32. The van der Waals surface area contributed by atoms with Crippen molar-refractivity contribution in [1.29, 1.82) is 0 Å². The maximum Gasteiger partial charge on any atom is 0.248 e. The molecule has 82 valence electrons. The van der Waals surface area contributed by atoms with Gasteiger partial charge in [-0.15, -0.1) is 0 Å². The van der Waals surface area contributed by atoms with E-state index in [1.807, 2.05) is 0 Å². The van der Waals surface area contributed by atoms with Crippen LogP contribution in [0.15, 0.2) is 22.7 Å². The van der Waals surface area contributed by atoms with Gasteiger partial charge in [0.25, 0.3) is 0 Å². The van der Waals surface area contributed by atoms with Gasteiger partial charge in [0.1, 0.15) is 6.10 Å². The van der Waals surface area contributed by atoms with Crippen LogP contribution in [0, 0.1) is 0 Å². The molecule has 6 N–H and O–H groups in total. The predicted molar refractivity (Wildman–Crippen MR) is 62.2 cm³/mol. The number of carbonyl (C=O) groups excluding carboxylic acids is 1. The van der Waals surface area contributed by atoms with Crippen LogP contribution in [0.1, 0.15) is 0 Å². The monoisotopic (exact) mass is 273 g/mol. The predicted octanol–water partition coefficient (Wildman–Crippen LogP) is 0.289. The van der Waals surface area contributed by atoms with Gasteiger partial charge in [-0.3, -0.25) is 4.79 Å². The molecule has 1 unspecified atom stereocenters. The van der Waals surface area contributed by atoms with Gasteiger partial charge in [0, 0.05) is 11.0 Å². The van der Waals surface area contributed by atoms with E-state index in [1.165, 1.54) is 0 Å². The third kappa shape index (κ3) is 3.41. The van der Waals surface area contributed by atoms with Gasteiger partial charge in [-0.2, -0.15) is 0 Å². The van der Waals surface area contributed by atoms with Gasteiger partial charge in [0.2, 0.25) is 5.91 Å². The summed E-state index contributed by atoms with van der Waals surface area (Å²) in [7, 11) is 0. The first-order valence-corrected chi connectivity index (χ1v) is 5.06. The summed E-state index contributed by atoms with van der Waals surface area (Å²) in [6.07, 6.45) is -1.22. The maximum absolute atomic E-state index is 10.6. The maximum atomic E-state index is 10.6. The summed E-state index contributed by atoms with van der Waals surface area (Å²) in [4.78, 5) is 10.6. The minimum atomic E-state index is -1.22. The molecule has 0 heterocycles. The van der Waals surface area contributed by atoms with E-state index in [0.29, 0.717) is 11.4 Å². The molecule has 1 aromatic carbocycles. The van der Waals surface area contributed by atoms with Crippen LogP contribution < -0.4 is 16.8 Å². The molecule has 0 aliphatic heterocycles. The van der Waals surface area contributed by atoms with Crippen molar-refractivity contribution in [2.24, 2.45) is 5.73 Å². The zero-order valence-electron chi connectivity index (χ0n) is 7.90. The number of nitrogens with one attached hydrogen (secondary N) is 1. The second-order valence-electron chi connectivity index (χ2n) is 3.03. The van der Waals surface area contributed by atoms with Gasteiger partial charge < -0.3 is 21.9 Å².